The van der Waals surface area contributed by atoms with Crippen molar-refractivity contribution in [1.82, 2.24) is 5.32 Å². The molecule has 0 aliphatic carbocycles. The van der Waals surface area contributed by atoms with E-state index in [-0.39, 0.29) is 6.04 Å². The van der Waals surface area contributed by atoms with E-state index in [4.69, 9.17) is 16.3 Å². The minimum atomic E-state index is 0.180. The molecule has 2 nitrogen and oxygen atoms in total. The van der Waals surface area contributed by atoms with E-state index in [0.29, 0.717) is 6.61 Å². The second kappa shape index (κ2) is 8.09. The van der Waals surface area contributed by atoms with Gasteiger partial charge in [0.25, 0.3) is 0 Å². The van der Waals surface area contributed by atoms with Gasteiger partial charge < -0.3 is 10.1 Å². The molecule has 0 spiro atoms. The van der Waals surface area contributed by atoms with Crippen LogP contribution in [0.25, 0.3) is 0 Å². The molecule has 4 heteroatoms. The van der Waals surface area contributed by atoms with Gasteiger partial charge in [-0.25, -0.2) is 0 Å². The van der Waals surface area contributed by atoms with Gasteiger partial charge in [0.05, 0.1) is 12.6 Å². The standard InChI is InChI=1S/C13H19BrClNO/c1-3-7-17-9-13(16-4-2)11-8-10(15)5-6-12(11)14/h5-6,8,13,16H,3-4,7,9H2,1-2H3. The average molecular weight is 321 g/mol. The highest BCUT2D eigenvalue weighted by atomic mass is 79.9. The fraction of sp³-hybridized carbons (Fsp3) is 0.538. The second-order valence-electron chi connectivity index (χ2n) is 3.85. The number of benzene rings is 1. The fourth-order valence-corrected chi connectivity index (χ4v) is 2.34. The first kappa shape index (κ1) is 15.0. The minimum Gasteiger partial charge on any atom is -0.379 e. The molecule has 1 atom stereocenters. The maximum absolute atomic E-state index is 6.03. The first-order valence-electron chi connectivity index (χ1n) is 5.95. The van der Waals surface area contributed by atoms with Crippen molar-refractivity contribution in [3.8, 4) is 0 Å². The Morgan fingerprint density at radius 3 is 2.82 bits per heavy atom. The van der Waals surface area contributed by atoms with Gasteiger partial charge in [-0.15, -0.1) is 0 Å². The van der Waals surface area contributed by atoms with E-state index in [1.165, 1.54) is 0 Å². The van der Waals surface area contributed by atoms with E-state index in [1.807, 2.05) is 18.2 Å². The Balaban J connectivity index is 2.77. The van der Waals surface area contributed by atoms with Crippen LogP contribution in [0.2, 0.25) is 5.02 Å². The number of halogens is 2. The van der Waals surface area contributed by atoms with Crippen molar-refractivity contribution in [1.29, 1.82) is 0 Å². The Labute approximate surface area is 117 Å². The van der Waals surface area contributed by atoms with Crippen LogP contribution in [0.4, 0.5) is 0 Å². The zero-order chi connectivity index (χ0) is 12.7. The number of ether oxygens (including phenoxy) is 1. The maximum Gasteiger partial charge on any atom is 0.0661 e. The summed E-state index contributed by atoms with van der Waals surface area (Å²) in [5.74, 6) is 0. The Morgan fingerprint density at radius 2 is 2.18 bits per heavy atom. The van der Waals surface area contributed by atoms with Gasteiger partial charge in [-0.05, 0) is 36.7 Å². The zero-order valence-corrected chi connectivity index (χ0v) is 12.6. The summed E-state index contributed by atoms with van der Waals surface area (Å²) in [6.07, 6.45) is 1.04. The van der Waals surface area contributed by atoms with Crippen LogP contribution in [0.15, 0.2) is 22.7 Å². The van der Waals surface area contributed by atoms with Crippen LogP contribution < -0.4 is 5.32 Å². The van der Waals surface area contributed by atoms with Gasteiger partial charge in [-0.2, -0.15) is 0 Å². The van der Waals surface area contributed by atoms with Crippen LogP contribution >= 0.6 is 27.5 Å². The molecule has 1 rings (SSSR count). The summed E-state index contributed by atoms with van der Waals surface area (Å²) < 4.78 is 6.68. The molecule has 0 saturated heterocycles. The highest BCUT2D eigenvalue weighted by Gasteiger charge is 2.14. The molecule has 0 fully saturated rings. The number of likely N-dealkylation sites (N-methyl/N-ethyl adjacent to an activating group) is 1. The monoisotopic (exact) mass is 319 g/mol. The third kappa shape index (κ3) is 4.96. The van der Waals surface area contributed by atoms with Gasteiger partial charge in [0.2, 0.25) is 0 Å². The lowest BCUT2D eigenvalue weighted by molar-refractivity contribution is 0.112. The van der Waals surface area contributed by atoms with E-state index in [2.05, 4.69) is 35.1 Å². The molecule has 1 aromatic rings. The van der Waals surface area contributed by atoms with Gasteiger partial charge in [-0.3, -0.25) is 0 Å². The summed E-state index contributed by atoms with van der Waals surface area (Å²) in [6.45, 7) is 6.56. The van der Waals surface area contributed by atoms with Crippen LogP contribution in [0.3, 0.4) is 0 Å². The van der Waals surface area contributed by atoms with Crippen molar-refractivity contribution >= 4 is 27.5 Å². The van der Waals surface area contributed by atoms with Crippen LogP contribution in [0.5, 0.6) is 0 Å². The van der Waals surface area contributed by atoms with E-state index >= 15 is 0 Å². The lowest BCUT2D eigenvalue weighted by Crippen LogP contribution is -2.26. The molecule has 1 aromatic carbocycles. The van der Waals surface area contributed by atoms with Crippen LogP contribution in [0, 0.1) is 0 Å². The van der Waals surface area contributed by atoms with Crippen molar-refractivity contribution in [2.45, 2.75) is 26.3 Å². The first-order chi connectivity index (χ1) is 8.19. The number of hydrogen-bond acceptors (Lipinski definition) is 2. The van der Waals surface area contributed by atoms with E-state index < -0.39 is 0 Å². The Hall–Kier alpha value is -0.0900. The third-order valence-corrected chi connectivity index (χ3v) is 3.37. The SMILES string of the molecule is CCCOCC(NCC)c1cc(Cl)ccc1Br. The molecule has 1 N–H and O–H groups in total. The van der Waals surface area contributed by atoms with Gasteiger partial charge >= 0.3 is 0 Å². The van der Waals surface area contributed by atoms with Crippen LogP contribution in [-0.4, -0.2) is 19.8 Å². The van der Waals surface area contributed by atoms with E-state index in [9.17, 15) is 0 Å². The average Bonchev–Trinajstić information content (AvgIpc) is 2.32. The first-order valence-corrected chi connectivity index (χ1v) is 7.12. The summed E-state index contributed by atoms with van der Waals surface area (Å²) in [7, 11) is 0. The molecule has 0 aliphatic rings. The van der Waals surface area contributed by atoms with Crippen molar-refractivity contribution in [3.05, 3.63) is 33.3 Å². The largest absolute Gasteiger partial charge is 0.379 e. The lowest BCUT2D eigenvalue weighted by Gasteiger charge is -2.20. The molecule has 0 heterocycles. The van der Waals surface area contributed by atoms with E-state index in [0.717, 1.165) is 34.6 Å². The fourth-order valence-electron chi connectivity index (χ4n) is 1.63. The summed E-state index contributed by atoms with van der Waals surface area (Å²) in [5.41, 5.74) is 1.15. The lowest BCUT2D eigenvalue weighted by atomic mass is 10.1. The van der Waals surface area contributed by atoms with Crippen LogP contribution in [-0.2, 0) is 4.74 Å². The predicted octanol–water partition coefficient (Wildman–Crippen LogP) is 4.18. The Kier molecular flexibility index (Phi) is 7.12. The predicted molar refractivity (Wildman–Crippen MR) is 76.7 cm³/mol. The normalized spacial score (nSPS) is 12.7. The molecule has 96 valence electrons. The molecule has 0 amide bonds. The molecule has 0 saturated carbocycles. The Bertz CT molecular complexity index is 346. The van der Waals surface area contributed by atoms with Gasteiger partial charge in [-0.1, -0.05) is 41.4 Å². The quantitative estimate of drug-likeness (QED) is 0.761. The molecule has 17 heavy (non-hydrogen) atoms. The molecule has 0 aliphatic heterocycles. The van der Waals surface area contributed by atoms with Crippen molar-refractivity contribution in [2.24, 2.45) is 0 Å². The smallest absolute Gasteiger partial charge is 0.0661 e. The minimum absolute atomic E-state index is 0.180. The van der Waals surface area contributed by atoms with Gasteiger partial charge in [0, 0.05) is 16.1 Å². The Morgan fingerprint density at radius 1 is 1.41 bits per heavy atom. The van der Waals surface area contributed by atoms with Gasteiger partial charge in [0.1, 0.15) is 0 Å². The summed E-state index contributed by atoms with van der Waals surface area (Å²) in [6, 6.07) is 6.01. The highest BCUT2D eigenvalue weighted by Crippen LogP contribution is 2.27. The summed E-state index contributed by atoms with van der Waals surface area (Å²) in [5, 5.41) is 4.16. The van der Waals surface area contributed by atoms with Crippen molar-refractivity contribution < 1.29 is 4.74 Å². The second-order valence-corrected chi connectivity index (χ2v) is 5.14. The molecule has 1 unspecified atom stereocenters. The van der Waals surface area contributed by atoms with Crippen LogP contribution in [0.1, 0.15) is 31.9 Å². The topological polar surface area (TPSA) is 21.3 Å². The summed E-state index contributed by atoms with van der Waals surface area (Å²) >= 11 is 9.59. The number of nitrogens with one attached hydrogen (secondary N) is 1. The zero-order valence-electron chi connectivity index (χ0n) is 10.3. The third-order valence-electron chi connectivity index (χ3n) is 2.42. The number of hydrogen-bond donors (Lipinski definition) is 1. The van der Waals surface area contributed by atoms with Crippen molar-refractivity contribution in [3.63, 3.8) is 0 Å². The van der Waals surface area contributed by atoms with Crippen molar-refractivity contribution in [2.75, 3.05) is 19.8 Å². The molecule has 0 radical (unpaired) electrons. The number of rotatable bonds is 7. The molecule has 0 bridgehead atoms. The van der Waals surface area contributed by atoms with Gasteiger partial charge in [0.15, 0.2) is 0 Å². The molecular weight excluding hydrogens is 302 g/mol. The molecule has 0 aromatic heterocycles. The van der Waals surface area contributed by atoms with E-state index in [1.54, 1.807) is 0 Å². The molecular formula is C13H19BrClNO. The highest BCUT2D eigenvalue weighted by molar-refractivity contribution is 9.10. The summed E-state index contributed by atoms with van der Waals surface area (Å²) in [4.78, 5) is 0. The maximum atomic E-state index is 6.03.